The summed E-state index contributed by atoms with van der Waals surface area (Å²) in [5, 5.41) is 0.761. The lowest BCUT2D eigenvalue weighted by Gasteiger charge is -2.34. The lowest BCUT2D eigenvalue weighted by molar-refractivity contribution is -0.135. The molecule has 0 radical (unpaired) electrons. The van der Waals surface area contributed by atoms with Gasteiger partial charge in [-0.05, 0) is 36.0 Å². The minimum absolute atomic E-state index is 0.0374. The Balaban J connectivity index is 2.07. The van der Waals surface area contributed by atoms with Crippen LogP contribution in [0.4, 0.5) is 4.39 Å². The first-order valence-corrected chi connectivity index (χ1v) is 10.5. The molecule has 0 unspecified atom stereocenters. The third-order valence-electron chi connectivity index (χ3n) is 5.84. The fourth-order valence-corrected chi connectivity index (χ4v) is 4.24. The third kappa shape index (κ3) is 4.02. The van der Waals surface area contributed by atoms with E-state index < -0.39 is 0 Å². The van der Waals surface area contributed by atoms with E-state index in [1.165, 1.54) is 4.90 Å². The van der Waals surface area contributed by atoms with Gasteiger partial charge in [-0.1, -0.05) is 33.8 Å². The SMILES string of the molecule is CC(C)C(=O)N1CCC[C@@H](c2cc(C(C)C)c3cc(C(=O)N(C)C)[nH]c3c2F)C1. The fraction of sp³-hybridized carbons (Fsp3) is 0.565. The number of carbonyl (C=O) groups excluding carboxylic acids is 2. The van der Waals surface area contributed by atoms with Gasteiger partial charge in [-0.2, -0.15) is 0 Å². The number of nitrogens with zero attached hydrogens (tertiary/aromatic N) is 2. The van der Waals surface area contributed by atoms with Crippen LogP contribution in [0.1, 0.15) is 74.0 Å². The Hall–Kier alpha value is -2.37. The van der Waals surface area contributed by atoms with Crippen molar-refractivity contribution < 1.29 is 14.0 Å². The van der Waals surface area contributed by atoms with E-state index >= 15 is 4.39 Å². The quantitative estimate of drug-likeness (QED) is 0.820. The second-order valence-corrected chi connectivity index (χ2v) is 8.97. The predicted molar refractivity (Wildman–Crippen MR) is 114 cm³/mol. The standard InChI is InChI=1S/C23H32FN3O2/c1-13(2)16-10-17(15-8-7-9-27(12-15)22(28)14(3)4)20(24)21-18(16)11-19(25-21)23(29)26(5)6/h10-11,13-15,25H,7-9,12H2,1-6H3/t15-/m1/s1. The zero-order valence-electron chi connectivity index (χ0n) is 18.3. The Labute approximate surface area is 172 Å². The first kappa shape index (κ1) is 21.3. The molecule has 2 amide bonds. The van der Waals surface area contributed by atoms with E-state index in [1.54, 1.807) is 20.2 Å². The van der Waals surface area contributed by atoms with E-state index in [9.17, 15) is 9.59 Å². The molecule has 1 fully saturated rings. The second-order valence-electron chi connectivity index (χ2n) is 8.97. The van der Waals surface area contributed by atoms with Crippen LogP contribution in [0.5, 0.6) is 0 Å². The number of hydrogen-bond donors (Lipinski definition) is 1. The van der Waals surface area contributed by atoms with Crippen LogP contribution in [0.25, 0.3) is 10.9 Å². The van der Waals surface area contributed by atoms with Gasteiger partial charge in [-0.25, -0.2) is 4.39 Å². The van der Waals surface area contributed by atoms with Crippen molar-refractivity contribution in [2.24, 2.45) is 5.92 Å². The van der Waals surface area contributed by atoms with Crippen LogP contribution in [-0.4, -0.2) is 53.8 Å². The number of piperidine rings is 1. The maximum atomic E-state index is 15.6. The largest absolute Gasteiger partial charge is 0.348 e. The molecule has 29 heavy (non-hydrogen) atoms. The highest BCUT2D eigenvalue weighted by Crippen LogP contribution is 2.37. The molecule has 1 aromatic heterocycles. The van der Waals surface area contributed by atoms with Gasteiger partial charge in [0, 0.05) is 44.4 Å². The van der Waals surface area contributed by atoms with Crippen LogP contribution in [0.15, 0.2) is 12.1 Å². The Morgan fingerprint density at radius 3 is 2.48 bits per heavy atom. The van der Waals surface area contributed by atoms with Crippen molar-refractivity contribution in [1.29, 1.82) is 0 Å². The van der Waals surface area contributed by atoms with E-state index in [2.05, 4.69) is 18.8 Å². The van der Waals surface area contributed by atoms with E-state index in [0.717, 1.165) is 30.3 Å². The van der Waals surface area contributed by atoms with Crippen LogP contribution in [0, 0.1) is 11.7 Å². The second kappa shape index (κ2) is 8.17. The van der Waals surface area contributed by atoms with Crippen molar-refractivity contribution in [1.82, 2.24) is 14.8 Å². The first-order chi connectivity index (χ1) is 13.6. The lowest BCUT2D eigenvalue weighted by atomic mass is 9.86. The molecule has 1 atom stereocenters. The Morgan fingerprint density at radius 1 is 1.21 bits per heavy atom. The van der Waals surface area contributed by atoms with Gasteiger partial charge in [0.2, 0.25) is 5.91 Å². The summed E-state index contributed by atoms with van der Waals surface area (Å²) in [4.78, 5) is 31.3. The topological polar surface area (TPSA) is 56.4 Å². The average Bonchev–Trinajstić information content (AvgIpc) is 3.12. The van der Waals surface area contributed by atoms with Crippen LogP contribution in [-0.2, 0) is 4.79 Å². The van der Waals surface area contributed by atoms with Crippen molar-refractivity contribution in [2.45, 2.75) is 52.4 Å². The first-order valence-electron chi connectivity index (χ1n) is 10.5. The van der Waals surface area contributed by atoms with Crippen LogP contribution in [0.2, 0.25) is 0 Å². The summed E-state index contributed by atoms with van der Waals surface area (Å²) < 4.78 is 15.6. The van der Waals surface area contributed by atoms with E-state index in [-0.39, 0.29) is 35.4 Å². The molecule has 2 aromatic rings. The number of H-pyrrole nitrogens is 1. The summed E-state index contributed by atoms with van der Waals surface area (Å²) in [6.45, 7) is 9.23. The number of aromatic nitrogens is 1. The zero-order chi connectivity index (χ0) is 21.5. The number of fused-ring (bicyclic) bond motifs is 1. The molecule has 0 saturated carbocycles. The Morgan fingerprint density at radius 2 is 1.90 bits per heavy atom. The van der Waals surface area contributed by atoms with Crippen molar-refractivity contribution in [2.75, 3.05) is 27.2 Å². The summed E-state index contributed by atoms with van der Waals surface area (Å²) in [6, 6.07) is 3.71. The van der Waals surface area contributed by atoms with Crippen LogP contribution >= 0.6 is 0 Å². The summed E-state index contributed by atoms with van der Waals surface area (Å²) >= 11 is 0. The monoisotopic (exact) mass is 401 g/mol. The molecule has 1 saturated heterocycles. The predicted octanol–water partition coefficient (Wildman–Crippen LogP) is 4.49. The van der Waals surface area contributed by atoms with Gasteiger partial charge in [0.1, 0.15) is 5.69 Å². The fourth-order valence-electron chi connectivity index (χ4n) is 4.24. The van der Waals surface area contributed by atoms with Gasteiger partial charge < -0.3 is 14.8 Å². The van der Waals surface area contributed by atoms with Crippen LogP contribution < -0.4 is 0 Å². The maximum absolute atomic E-state index is 15.6. The number of amides is 2. The number of hydrogen-bond acceptors (Lipinski definition) is 2. The number of benzene rings is 1. The molecule has 158 valence electrons. The molecule has 5 nitrogen and oxygen atoms in total. The molecule has 2 heterocycles. The minimum Gasteiger partial charge on any atom is -0.348 e. The summed E-state index contributed by atoms with van der Waals surface area (Å²) in [5.74, 6) is -0.264. The molecule has 1 N–H and O–H groups in total. The minimum atomic E-state index is -0.300. The highest BCUT2D eigenvalue weighted by Gasteiger charge is 2.30. The zero-order valence-corrected chi connectivity index (χ0v) is 18.3. The molecule has 1 aliphatic heterocycles. The highest BCUT2D eigenvalue weighted by molar-refractivity contribution is 5.99. The number of nitrogens with one attached hydrogen (secondary N) is 1. The van der Waals surface area contributed by atoms with Gasteiger partial charge in [0.25, 0.3) is 5.91 Å². The molecule has 1 aromatic carbocycles. The van der Waals surface area contributed by atoms with Crippen LogP contribution in [0.3, 0.4) is 0 Å². The molecular formula is C23H32FN3O2. The molecule has 6 heteroatoms. The van der Waals surface area contributed by atoms with Gasteiger partial charge in [-0.3, -0.25) is 9.59 Å². The van der Waals surface area contributed by atoms with E-state index in [0.29, 0.717) is 23.3 Å². The number of aromatic amines is 1. The molecule has 3 rings (SSSR count). The average molecular weight is 402 g/mol. The summed E-state index contributed by atoms with van der Waals surface area (Å²) in [7, 11) is 3.36. The molecular weight excluding hydrogens is 369 g/mol. The smallest absolute Gasteiger partial charge is 0.269 e. The highest BCUT2D eigenvalue weighted by atomic mass is 19.1. The van der Waals surface area contributed by atoms with Gasteiger partial charge in [-0.15, -0.1) is 0 Å². The van der Waals surface area contributed by atoms with E-state index in [4.69, 9.17) is 0 Å². The summed E-state index contributed by atoms with van der Waals surface area (Å²) in [6.07, 6.45) is 1.72. The normalized spacial score (nSPS) is 17.4. The number of rotatable bonds is 4. The Kier molecular flexibility index (Phi) is 6.01. The maximum Gasteiger partial charge on any atom is 0.269 e. The van der Waals surface area contributed by atoms with Crippen molar-refractivity contribution in [3.05, 3.63) is 34.8 Å². The van der Waals surface area contributed by atoms with Gasteiger partial charge >= 0.3 is 0 Å². The van der Waals surface area contributed by atoms with E-state index in [1.807, 2.05) is 24.8 Å². The molecule has 0 spiro atoms. The van der Waals surface area contributed by atoms with Crippen molar-refractivity contribution in [3.8, 4) is 0 Å². The number of carbonyl (C=O) groups is 2. The van der Waals surface area contributed by atoms with Gasteiger partial charge in [0.15, 0.2) is 5.82 Å². The third-order valence-corrected chi connectivity index (χ3v) is 5.84. The molecule has 1 aliphatic rings. The molecule has 0 aliphatic carbocycles. The van der Waals surface area contributed by atoms with Crippen molar-refractivity contribution >= 4 is 22.7 Å². The Bertz CT molecular complexity index is 930. The molecule has 0 bridgehead atoms. The number of likely N-dealkylation sites (tertiary alicyclic amines) is 1. The van der Waals surface area contributed by atoms with Gasteiger partial charge in [0.05, 0.1) is 5.52 Å². The lowest BCUT2D eigenvalue weighted by Crippen LogP contribution is -2.41. The number of halogens is 1. The van der Waals surface area contributed by atoms with Crippen molar-refractivity contribution in [3.63, 3.8) is 0 Å². The summed E-state index contributed by atoms with van der Waals surface area (Å²) in [5.41, 5.74) is 2.46.